The number of alkyl halides is 3. The van der Waals surface area contributed by atoms with Crippen LogP contribution in [0.15, 0.2) is 18.2 Å². The van der Waals surface area contributed by atoms with E-state index in [1.807, 2.05) is 0 Å². The summed E-state index contributed by atoms with van der Waals surface area (Å²) in [5.74, 6) is 5.08. The first-order chi connectivity index (χ1) is 8.84. The van der Waals surface area contributed by atoms with Crippen LogP contribution >= 0.6 is 0 Å². The van der Waals surface area contributed by atoms with Crippen LogP contribution in [0.5, 0.6) is 5.75 Å². The van der Waals surface area contributed by atoms with E-state index in [4.69, 9.17) is 4.74 Å². The molecule has 3 nitrogen and oxygen atoms in total. The summed E-state index contributed by atoms with van der Waals surface area (Å²) in [6.07, 6.45) is -4.42. The minimum Gasteiger partial charge on any atom is -0.495 e. The van der Waals surface area contributed by atoms with Gasteiger partial charge >= 0.3 is 6.18 Å². The molecule has 0 fully saturated rings. The molecule has 0 aliphatic heterocycles. The van der Waals surface area contributed by atoms with Crippen LogP contribution in [-0.2, 0) is 11.0 Å². The molecule has 0 atom stereocenters. The predicted molar refractivity (Wildman–Crippen MR) is 63.6 cm³/mol. The molecule has 0 aliphatic rings. The molecule has 1 rings (SSSR count). The molecule has 6 heteroatoms. The quantitative estimate of drug-likeness (QED) is 0.837. The molecule has 0 aromatic heterocycles. The lowest BCUT2D eigenvalue weighted by atomic mass is 10.1. The van der Waals surface area contributed by atoms with Crippen molar-refractivity contribution in [1.82, 2.24) is 5.32 Å². The van der Waals surface area contributed by atoms with Crippen LogP contribution in [0.25, 0.3) is 0 Å². The molecule has 0 radical (unpaired) electrons. The number of carbonyl (C=O) groups is 1. The second kappa shape index (κ2) is 6.14. The topological polar surface area (TPSA) is 38.3 Å². The first-order valence-corrected chi connectivity index (χ1v) is 5.33. The van der Waals surface area contributed by atoms with Crippen molar-refractivity contribution >= 4 is 5.91 Å². The van der Waals surface area contributed by atoms with Gasteiger partial charge < -0.3 is 10.1 Å². The Kier molecular flexibility index (Phi) is 4.81. The SMILES string of the molecule is COc1cc(C(F)(F)F)ccc1C#CCNC(C)=O. The van der Waals surface area contributed by atoms with E-state index in [0.717, 1.165) is 12.1 Å². The number of hydrogen-bond donors (Lipinski definition) is 1. The highest BCUT2D eigenvalue weighted by Crippen LogP contribution is 2.32. The zero-order valence-electron chi connectivity index (χ0n) is 10.4. The molecule has 0 saturated carbocycles. The van der Waals surface area contributed by atoms with Gasteiger partial charge in [-0.25, -0.2) is 0 Å². The predicted octanol–water partition coefficient (Wildman–Crippen LogP) is 2.20. The van der Waals surface area contributed by atoms with E-state index in [2.05, 4.69) is 17.2 Å². The molecule has 1 aromatic rings. The molecular formula is C13H12F3NO2. The second-order valence-corrected chi connectivity index (χ2v) is 3.62. The number of halogens is 3. The molecule has 0 heterocycles. The first-order valence-electron chi connectivity index (χ1n) is 5.33. The Bertz CT molecular complexity index is 527. The minimum atomic E-state index is -4.42. The van der Waals surface area contributed by atoms with Crippen molar-refractivity contribution in [2.24, 2.45) is 0 Å². The molecule has 19 heavy (non-hydrogen) atoms. The number of amides is 1. The summed E-state index contributed by atoms with van der Waals surface area (Å²) >= 11 is 0. The van der Waals surface area contributed by atoms with Gasteiger partial charge in [0.05, 0.1) is 24.8 Å². The van der Waals surface area contributed by atoms with E-state index in [-0.39, 0.29) is 18.2 Å². The molecule has 0 aliphatic carbocycles. The normalized spacial score (nSPS) is 10.4. The molecule has 0 spiro atoms. The van der Waals surface area contributed by atoms with Gasteiger partial charge in [-0.3, -0.25) is 4.79 Å². The van der Waals surface area contributed by atoms with Gasteiger partial charge in [-0.2, -0.15) is 13.2 Å². The van der Waals surface area contributed by atoms with Gasteiger partial charge in [0.15, 0.2) is 0 Å². The summed E-state index contributed by atoms with van der Waals surface area (Å²) in [6.45, 7) is 1.47. The van der Waals surface area contributed by atoms with Crippen molar-refractivity contribution in [2.75, 3.05) is 13.7 Å². The van der Waals surface area contributed by atoms with Crippen molar-refractivity contribution in [1.29, 1.82) is 0 Å². The fraction of sp³-hybridized carbons (Fsp3) is 0.308. The highest BCUT2D eigenvalue weighted by atomic mass is 19.4. The second-order valence-electron chi connectivity index (χ2n) is 3.62. The number of methoxy groups -OCH3 is 1. The van der Waals surface area contributed by atoms with E-state index in [0.29, 0.717) is 5.56 Å². The Morgan fingerprint density at radius 3 is 2.63 bits per heavy atom. The number of ether oxygens (including phenoxy) is 1. The molecule has 1 amide bonds. The number of nitrogens with one attached hydrogen (secondary N) is 1. The fourth-order valence-corrected chi connectivity index (χ4v) is 1.28. The Balaban J connectivity index is 2.93. The van der Waals surface area contributed by atoms with Gasteiger partial charge in [0.25, 0.3) is 0 Å². The highest BCUT2D eigenvalue weighted by molar-refractivity contribution is 5.73. The van der Waals surface area contributed by atoms with E-state index in [1.165, 1.54) is 20.1 Å². The van der Waals surface area contributed by atoms with Gasteiger partial charge in [0.2, 0.25) is 5.91 Å². The van der Waals surface area contributed by atoms with Crippen molar-refractivity contribution in [3.8, 4) is 17.6 Å². The molecule has 0 unspecified atom stereocenters. The van der Waals surface area contributed by atoms with Gasteiger partial charge in [-0.15, -0.1) is 0 Å². The summed E-state index contributed by atoms with van der Waals surface area (Å²) < 4.78 is 42.3. The minimum absolute atomic E-state index is 0.0464. The smallest absolute Gasteiger partial charge is 0.416 e. The van der Waals surface area contributed by atoms with Crippen molar-refractivity contribution < 1.29 is 22.7 Å². The van der Waals surface area contributed by atoms with Gasteiger partial charge in [-0.05, 0) is 18.2 Å². The zero-order chi connectivity index (χ0) is 14.5. The zero-order valence-corrected chi connectivity index (χ0v) is 10.4. The molecular weight excluding hydrogens is 259 g/mol. The number of rotatable bonds is 2. The summed E-state index contributed by atoms with van der Waals surface area (Å²) in [5, 5.41) is 2.46. The summed E-state index contributed by atoms with van der Waals surface area (Å²) in [7, 11) is 1.27. The summed E-state index contributed by atoms with van der Waals surface area (Å²) in [6, 6.07) is 3.07. The molecule has 0 bridgehead atoms. The Labute approximate surface area is 108 Å². The Hall–Kier alpha value is -2.16. The monoisotopic (exact) mass is 271 g/mol. The maximum atomic E-state index is 12.5. The lowest BCUT2D eigenvalue weighted by Crippen LogP contribution is -2.19. The summed E-state index contributed by atoms with van der Waals surface area (Å²) in [4.78, 5) is 10.6. The average Bonchev–Trinajstić information content (AvgIpc) is 2.33. The van der Waals surface area contributed by atoms with E-state index >= 15 is 0 Å². The number of carbonyl (C=O) groups excluding carboxylic acids is 1. The maximum Gasteiger partial charge on any atom is 0.416 e. The average molecular weight is 271 g/mol. The van der Waals surface area contributed by atoms with Crippen molar-refractivity contribution in [2.45, 2.75) is 13.1 Å². The number of benzene rings is 1. The van der Waals surface area contributed by atoms with Crippen LogP contribution in [0, 0.1) is 11.8 Å². The third-order valence-electron chi connectivity index (χ3n) is 2.18. The third-order valence-corrected chi connectivity index (χ3v) is 2.18. The van der Waals surface area contributed by atoms with Crippen molar-refractivity contribution in [3.63, 3.8) is 0 Å². The molecule has 1 N–H and O–H groups in total. The van der Waals surface area contributed by atoms with Crippen LogP contribution in [0.2, 0.25) is 0 Å². The van der Waals surface area contributed by atoms with E-state index in [9.17, 15) is 18.0 Å². The lowest BCUT2D eigenvalue weighted by Gasteiger charge is -2.09. The van der Waals surface area contributed by atoms with Crippen LogP contribution in [0.4, 0.5) is 13.2 Å². The third kappa shape index (κ3) is 4.54. The van der Waals surface area contributed by atoms with E-state index in [1.54, 1.807) is 0 Å². The van der Waals surface area contributed by atoms with Crippen LogP contribution in [0.1, 0.15) is 18.1 Å². The molecule has 0 saturated heterocycles. The van der Waals surface area contributed by atoms with Gasteiger partial charge in [-0.1, -0.05) is 11.8 Å². The van der Waals surface area contributed by atoms with Gasteiger partial charge in [0.1, 0.15) is 5.75 Å². The number of hydrogen-bond acceptors (Lipinski definition) is 2. The van der Waals surface area contributed by atoms with E-state index < -0.39 is 11.7 Å². The van der Waals surface area contributed by atoms with Crippen molar-refractivity contribution in [3.05, 3.63) is 29.3 Å². The Morgan fingerprint density at radius 1 is 1.42 bits per heavy atom. The fourth-order valence-electron chi connectivity index (χ4n) is 1.28. The first kappa shape index (κ1) is 14.9. The maximum absolute atomic E-state index is 12.5. The lowest BCUT2D eigenvalue weighted by molar-refractivity contribution is -0.137. The van der Waals surface area contributed by atoms with Gasteiger partial charge in [0, 0.05) is 6.92 Å². The largest absolute Gasteiger partial charge is 0.495 e. The van der Waals surface area contributed by atoms with Crippen LogP contribution < -0.4 is 10.1 Å². The highest BCUT2D eigenvalue weighted by Gasteiger charge is 2.31. The summed E-state index contributed by atoms with van der Waals surface area (Å²) in [5.41, 5.74) is -0.461. The molecule has 1 aromatic carbocycles. The Morgan fingerprint density at radius 2 is 2.11 bits per heavy atom. The molecule has 102 valence electrons. The standard InChI is InChI=1S/C13H12F3NO2/c1-9(18)17-7-3-4-10-5-6-11(13(14,15)16)8-12(10)19-2/h5-6,8H,7H2,1-2H3,(H,17,18). The van der Waals surface area contributed by atoms with Crippen LogP contribution in [0.3, 0.4) is 0 Å². The van der Waals surface area contributed by atoms with Crippen LogP contribution in [-0.4, -0.2) is 19.6 Å².